The van der Waals surface area contributed by atoms with Gasteiger partial charge >= 0.3 is 0 Å². The summed E-state index contributed by atoms with van der Waals surface area (Å²) in [6.07, 6.45) is 9.64. The van der Waals surface area contributed by atoms with Gasteiger partial charge in [0, 0.05) is 46.2 Å². The molecule has 3 aromatic rings. The minimum atomic E-state index is -0.627. The Morgan fingerprint density at radius 1 is 1.19 bits per heavy atom. The van der Waals surface area contributed by atoms with Crippen LogP contribution in [-0.4, -0.2) is 26.8 Å². The molecule has 0 aliphatic carbocycles. The molecule has 2 aromatic heterocycles. The second-order valence-corrected chi connectivity index (χ2v) is 9.38. The smallest absolute Gasteiger partial charge is 0.166 e. The van der Waals surface area contributed by atoms with Gasteiger partial charge in [-0.15, -0.1) is 0 Å². The number of piperidine rings is 1. The second kappa shape index (κ2) is 8.54. The molecule has 2 saturated heterocycles. The molecule has 2 aliphatic rings. The van der Waals surface area contributed by atoms with Gasteiger partial charge in [-0.1, -0.05) is 23.2 Å². The highest BCUT2D eigenvalue weighted by atomic mass is 35.5. The number of aromatic nitrogens is 3. The molecule has 32 heavy (non-hydrogen) atoms. The Labute approximate surface area is 195 Å². The standard InChI is InChI=1S/C23H24Cl2FN5O/c1-12(21-18(24)4-5-19(26)22(21)25)32-20-6-13(9-28-23(20)27)14-10-29-31(11-14)17-7-15-2-3-16(8-17)30-15/h4-6,9-12,15-17,30H,2-3,7-8H2,1H3,(H2,27,28). The van der Waals surface area contributed by atoms with Crippen LogP contribution in [0.4, 0.5) is 10.2 Å². The van der Waals surface area contributed by atoms with Gasteiger partial charge < -0.3 is 15.8 Å². The lowest BCUT2D eigenvalue weighted by molar-refractivity contribution is 0.227. The van der Waals surface area contributed by atoms with E-state index in [1.54, 1.807) is 13.1 Å². The Balaban J connectivity index is 1.38. The van der Waals surface area contributed by atoms with E-state index < -0.39 is 11.9 Å². The second-order valence-electron chi connectivity index (χ2n) is 8.60. The molecule has 2 bridgehead atoms. The van der Waals surface area contributed by atoms with Gasteiger partial charge in [-0.25, -0.2) is 9.37 Å². The maximum atomic E-state index is 13.9. The van der Waals surface area contributed by atoms with Crippen LogP contribution in [0.25, 0.3) is 11.1 Å². The van der Waals surface area contributed by atoms with Crippen molar-refractivity contribution in [2.24, 2.45) is 0 Å². The Bertz CT molecular complexity index is 1140. The maximum absolute atomic E-state index is 13.9. The van der Waals surface area contributed by atoms with Crippen molar-refractivity contribution in [2.75, 3.05) is 5.73 Å². The maximum Gasteiger partial charge on any atom is 0.166 e. The third-order valence-electron chi connectivity index (χ3n) is 6.43. The molecular formula is C23H24Cl2FN5O. The third kappa shape index (κ3) is 4.05. The molecule has 3 atom stereocenters. The van der Waals surface area contributed by atoms with Gasteiger partial charge in [0.15, 0.2) is 11.6 Å². The molecular weight excluding hydrogens is 452 g/mol. The summed E-state index contributed by atoms with van der Waals surface area (Å²) in [6.45, 7) is 1.74. The van der Waals surface area contributed by atoms with Crippen LogP contribution in [-0.2, 0) is 0 Å². The highest BCUT2D eigenvalue weighted by Gasteiger charge is 2.34. The monoisotopic (exact) mass is 475 g/mol. The van der Waals surface area contributed by atoms with Crippen LogP contribution in [0, 0.1) is 5.82 Å². The number of ether oxygens (including phenoxy) is 1. The van der Waals surface area contributed by atoms with E-state index in [4.69, 9.17) is 33.7 Å². The molecule has 9 heteroatoms. The van der Waals surface area contributed by atoms with Gasteiger partial charge in [0.25, 0.3) is 0 Å². The first-order valence-corrected chi connectivity index (χ1v) is 11.5. The number of hydrogen-bond acceptors (Lipinski definition) is 5. The van der Waals surface area contributed by atoms with Gasteiger partial charge in [-0.3, -0.25) is 4.68 Å². The van der Waals surface area contributed by atoms with Crippen LogP contribution >= 0.6 is 23.2 Å². The quantitative estimate of drug-likeness (QED) is 0.471. The number of benzene rings is 1. The van der Waals surface area contributed by atoms with E-state index in [9.17, 15) is 4.39 Å². The molecule has 6 nitrogen and oxygen atoms in total. The largest absolute Gasteiger partial charge is 0.482 e. The first kappa shape index (κ1) is 21.5. The van der Waals surface area contributed by atoms with E-state index in [1.807, 2.05) is 12.3 Å². The minimum Gasteiger partial charge on any atom is -0.482 e. The van der Waals surface area contributed by atoms with Crippen LogP contribution in [0.1, 0.15) is 50.3 Å². The Hall–Kier alpha value is -2.35. The summed E-state index contributed by atoms with van der Waals surface area (Å²) >= 11 is 12.4. The molecule has 2 fully saturated rings. The van der Waals surface area contributed by atoms with Gasteiger partial charge in [-0.2, -0.15) is 5.10 Å². The normalized spacial score (nSPS) is 23.3. The van der Waals surface area contributed by atoms with E-state index in [-0.39, 0.29) is 10.8 Å². The van der Waals surface area contributed by atoms with Crippen molar-refractivity contribution in [3.63, 3.8) is 0 Å². The van der Waals surface area contributed by atoms with Gasteiger partial charge in [0.1, 0.15) is 11.9 Å². The van der Waals surface area contributed by atoms with E-state index >= 15 is 0 Å². The van der Waals surface area contributed by atoms with Gasteiger partial charge in [-0.05, 0) is 50.8 Å². The van der Waals surface area contributed by atoms with Gasteiger partial charge in [0.05, 0.1) is 17.3 Å². The average Bonchev–Trinajstić information content (AvgIpc) is 3.39. The van der Waals surface area contributed by atoms with Crippen LogP contribution < -0.4 is 15.8 Å². The zero-order valence-corrected chi connectivity index (χ0v) is 19.1. The minimum absolute atomic E-state index is 0.0649. The summed E-state index contributed by atoms with van der Waals surface area (Å²) in [5, 5.41) is 8.54. The summed E-state index contributed by atoms with van der Waals surface area (Å²) in [7, 11) is 0. The van der Waals surface area contributed by atoms with Crippen molar-refractivity contribution in [3.8, 4) is 16.9 Å². The molecule has 0 saturated carbocycles. The number of anilines is 1. The zero-order valence-electron chi connectivity index (χ0n) is 17.6. The number of nitrogen functional groups attached to an aromatic ring is 1. The number of fused-ring (bicyclic) bond motifs is 2. The van der Waals surface area contributed by atoms with Crippen LogP contribution in [0.2, 0.25) is 10.0 Å². The van der Waals surface area contributed by atoms with Crippen LogP contribution in [0.5, 0.6) is 5.75 Å². The van der Waals surface area contributed by atoms with Crippen molar-refractivity contribution in [1.82, 2.24) is 20.1 Å². The first-order valence-electron chi connectivity index (χ1n) is 10.7. The molecule has 4 heterocycles. The van der Waals surface area contributed by atoms with Crippen molar-refractivity contribution >= 4 is 29.0 Å². The summed E-state index contributed by atoms with van der Waals surface area (Å²) in [4.78, 5) is 4.29. The molecule has 3 unspecified atom stereocenters. The lowest BCUT2D eigenvalue weighted by atomic mass is 10.00. The summed E-state index contributed by atoms with van der Waals surface area (Å²) in [5.41, 5.74) is 8.19. The fourth-order valence-corrected chi connectivity index (χ4v) is 5.48. The number of nitrogens with zero attached hydrogens (tertiary/aromatic N) is 3. The molecule has 0 spiro atoms. The van der Waals surface area contributed by atoms with E-state index in [1.165, 1.54) is 25.0 Å². The lowest BCUT2D eigenvalue weighted by Gasteiger charge is -2.29. The van der Waals surface area contributed by atoms with E-state index in [0.29, 0.717) is 34.5 Å². The number of halogens is 3. The fraction of sp³-hybridized carbons (Fsp3) is 0.391. The SMILES string of the molecule is CC(Oc1cc(-c2cnn(C3CC4CCC(C3)N4)c2)cnc1N)c1c(Cl)ccc(F)c1Cl. The zero-order chi connectivity index (χ0) is 22.4. The Kier molecular flexibility index (Phi) is 5.73. The Morgan fingerprint density at radius 2 is 1.94 bits per heavy atom. The van der Waals surface area contributed by atoms with E-state index in [0.717, 1.165) is 24.0 Å². The number of nitrogens with two attached hydrogens (primary N) is 1. The third-order valence-corrected chi connectivity index (χ3v) is 7.14. The van der Waals surface area contributed by atoms with Crippen molar-refractivity contribution in [2.45, 2.75) is 56.8 Å². The highest BCUT2D eigenvalue weighted by molar-refractivity contribution is 6.36. The van der Waals surface area contributed by atoms with Crippen molar-refractivity contribution in [1.29, 1.82) is 0 Å². The molecule has 0 amide bonds. The van der Waals surface area contributed by atoms with Crippen LogP contribution in [0.15, 0.2) is 36.8 Å². The molecule has 0 radical (unpaired) electrons. The van der Waals surface area contributed by atoms with Gasteiger partial charge in [0.2, 0.25) is 0 Å². The lowest BCUT2D eigenvalue weighted by Crippen LogP contribution is -2.38. The highest BCUT2D eigenvalue weighted by Crippen LogP contribution is 2.38. The van der Waals surface area contributed by atoms with Crippen LogP contribution in [0.3, 0.4) is 0 Å². The fourth-order valence-electron chi connectivity index (χ4n) is 4.80. The average molecular weight is 476 g/mol. The number of nitrogens with one attached hydrogen (secondary N) is 1. The molecule has 2 aliphatic heterocycles. The molecule has 5 rings (SSSR count). The predicted molar refractivity (Wildman–Crippen MR) is 124 cm³/mol. The van der Waals surface area contributed by atoms with Crippen molar-refractivity contribution < 1.29 is 9.13 Å². The topological polar surface area (TPSA) is 78.0 Å². The number of rotatable bonds is 5. The predicted octanol–water partition coefficient (Wildman–Crippen LogP) is 5.57. The van der Waals surface area contributed by atoms with E-state index in [2.05, 4.69) is 26.3 Å². The van der Waals surface area contributed by atoms with Crippen molar-refractivity contribution in [3.05, 3.63) is 58.2 Å². The molecule has 3 N–H and O–H groups in total. The summed E-state index contributed by atoms with van der Waals surface area (Å²) < 4.78 is 22.0. The molecule has 1 aromatic carbocycles. The Morgan fingerprint density at radius 3 is 2.69 bits per heavy atom. The molecule has 168 valence electrons. The number of pyridine rings is 1. The summed E-state index contributed by atoms with van der Waals surface area (Å²) in [5.74, 6) is 0.0470. The summed E-state index contributed by atoms with van der Waals surface area (Å²) in [6, 6.07) is 6.07. The number of hydrogen-bond donors (Lipinski definition) is 2. The first-order chi connectivity index (χ1) is 15.4.